The highest BCUT2D eigenvalue weighted by atomic mass is 14.2. The molecule has 0 atom stereocenters. The Morgan fingerprint density at radius 2 is 0.500 bits per heavy atom. The lowest BCUT2D eigenvalue weighted by Gasteiger charge is -2.18. The molecule has 0 saturated carbocycles. The van der Waals surface area contributed by atoms with Crippen LogP contribution in [0.2, 0.25) is 0 Å². The van der Waals surface area contributed by atoms with Crippen LogP contribution >= 0.6 is 0 Å². The van der Waals surface area contributed by atoms with Gasteiger partial charge >= 0.3 is 0 Å². The van der Waals surface area contributed by atoms with Gasteiger partial charge in [0.1, 0.15) is 0 Å². The summed E-state index contributed by atoms with van der Waals surface area (Å²) in [7, 11) is 0. The van der Waals surface area contributed by atoms with Crippen LogP contribution < -0.4 is 0 Å². The lowest BCUT2D eigenvalue weighted by Crippen LogP contribution is -1.91. The highest BCUT2D eigenvalue weighted by Gasteiger charge is 2.17. The number of benzene rings is 10. The third-order valence-corrected chi connectivity index (χ3v) is 10.6. The molecule has 0 aliphatic rings. The summed E-state index contributed by atoms with van der Waals surface area (Å²) in [5.74, 6) is 0. The average Bonchev–Trinajstić information content (AvgIpc) is 3.22. The van der Waals surface area contributed by atoms with Gasteiger partial charge in [-0.3, -0.25) is 0 Å². The van der Waals surface area contributed by atoms with E-state index >= 15 is 0 Å². The quantitative estimate of drug-likeness (QED) is 0.161. The molecule has 242 valence electrons. The van der Waals surface area contributed by atoms with Gasteiger partial charge < -0.3 is 0 Å². The average molecular weight is 659 g/mol. The maximum Gasteiger partial charge on any atom is -0.00262 e. The van der Waals surface area contributed by atoms with E-state index in [1.807, 2.05) is 0 Å². The van der Waals surface area contributed by atoms with Crippen molar-refractivity contribution in [3.63, 3.8) is 0 Å². The van der Waals surface area contributed by atoms with Gasteiger partial charge in [-0.05, 0) is 117 Å². The SMILES string of the molecule is c1ccc(-c2ccc(-c3c4ccccc4c(-c4ccc5ccc(-c6ccc(-c7ccc8ccccc8c7)cc6)cc5c4)c4ccccc34)cc2)cc1. The Morgan fingerprint density at radius 3 is 1.06 bits per heavy atom. The van der Waals surface area contributed by atoms with Crippen LogP contribution in [0, 0.1) is 0 Å². The Balaban J connectivity index is 1.06. The van der Waals surface area contributed by atoms with E-state index in [1.54, 1.807) is 0 Å². The molecule has 0 bridgehead atoms. The molecule has 0 fully saturated rings. The summed E-state index contributed by atoms with van der Waals surface area (Å²) in [5, 5.41) is 10.1. The minimum Gasteiger partial charge on any atom is -0.0622 e. The molecule has 0 aromatic heterocycles. The fourth-order valence-corrected chi connectivity index (χ4v) is 8.02. The lowest BCUT2D eigenvalue weighted by molar-refractivity contribution is 1.61. The van der Waals surface area contributed by atoms with Gasteiger partial charge in [-0.1, -0.05) is 188 Å². The van der Waals surface area contributed by atoms with E-state index in [0.717, 1.165) is 0 Å². The van der Waals surface area contributed by atoms with Crippen molar-refractivity contribution in [3.8, 4) is 55.6 Å². The van der Waals surface area contributed by atoms with Crippen molar-refractivity contribution < 1.29 is 0 Å². The first-order valence-corrected chi connectivity index (χ1v) is 18.0. The topological polar surface area (TPSA) is 0 Å². The zero-order chi connectivity index (χ0) is 34.4. The molecular formula is C52H34. The second kappa shape index (κ2) is 12.5. The molecule has 10 aromatic carbocycles. The molecule has 0 aliphatic carbocycles. The van der Waals surface area contributed by atoms with Gasteiger partial charge in [0, 0.05) is 0 Å². The van der Waals surface area contributed by atoms with Crippen molar-refractivity contribution in [1.82, 2.24) is 0 Å². The van der Waals surface area contributed by atoms with Gasteiger partial charge in [0.05, 0.1) is 0 Å². The molecule has 10 rings (SSSR count). The fourth-order valence-electron chi connectivity index (χ4n) is 8.02. The standard InChI is InChI=1S/C52H34/c1-2-10-35(11-3-1)37-22-27-41(28-23-37)51-47-14-6-8-16-49(47)52(50-17-9-7-15-48(50)51)45-31-26-40-25-30-44(33-46(40)34-45)39-20-18-38(19-21-39)43-29-24-36-12-4-5-13-42(36)32-43/h1-34H. The summed E-state index contributed by atoms with van der Waals surface area (Å²) >= 11 is 0. The van der Waals surface area contributed by atoms with Crippen LogP contribution in [0.4, 0.5) is 0 Å². The summed E-state index contributed by atoms with van der Waals surface area (Å²) < 4.78 is 0. The van der Waals surface area contributed by atoms with Gasteiger partial charge in [0.2, 0.25) is 0 Å². The first-order valence-electron chi connectivity index (χ1n) is 18.0. The highest BCUT2D eigenvalue weighted by molar-refractivity contribution is 6.21. The molecule has 52 heavy (non-hydrogen) atoms. The van der Waals surface area contributed by atoms with Crippen LogP contribution in [0.5, 0.6) is 0 Å². The summed E-state index contributed by atoms with van der Waals surface area (Å²) in [6.45, 7) is 0. The third kappa shape index (κ3) is 5.25. The molecule has 0 heterocycles. The van der Waals surface area contributed by atoms with Gasteiger partial charge in [-0.15, -0.1) is 0 Å². The van der Waals surface area contributed by atoms with Gasteiger partial charge in [-0.25, -0.2) is 0 Å². The number of hydrogen-bond acceptors (Lipinski definition) is 0. The van der Waals surface area contributed by atoms with Crippen LogP contribution in [-0.4, -0.2) is 0 Å². The monoisotopic (exact) mass is 658 g/mol. The van der Waals surface area contributed by atoms with Crippen molar-refractivity contribution in [2.24, 2.45) is 0 Å². The highest BCUT2D eigenvalue weighted by Crippen LogP contribution is 2.44. The molecule has 0 saturated heterocycles. The van der Waals surface area contributed by atoms with Crippen LogP contribution in [0.25, 0.3) is 98.7 Å². The lowest BCUT2D eigenvalue weighted by atomic mass is 9.85. The number of hydrogen-bond donors (Lipinski definition) is 0. The molecule has 0 spiro atoms. The van der Waals surface area contributed by atoms with Gasteiger partial charge in [-0.2, -0.15) is 0 Å². The van der Waals surface area contributed by atoms with E-state index < -0.39 is 0 Å². The molecule has 0 amide bonds. The van der Waals surface area contributed by atoms with Crippen LogP contribution in [0.3, 0.4) is 0 Å². The van der Waals surface area contributed by atoms with E-state index in [9.17, 15) is 0 Å². The van der Waals surface area contributed by atoms with Crippen molar-refractivity contribution in [2.75, 3.05) is 0 Å². The van der Waals surface area contributed by atoms with Crippen LogP contribution in [0.1, 0.15) is 0 Å². The van der Waals surface area contributed by atoms with Crippen molar-refractivity contribution in [3.05, 3.63) is 206 Å². The van der Waals surface area contributed by atoms with E-state index in [-0.39, 0.29) is 0 Å². The zero-order valence-corrected chi connectivity index (χ0v) is 28.6. The Kier molecular flexibility index (Phi) is 7.25. The predicted octanol–water partition coefficient (Wildman–Crippen LogP) is 14.6. The van der Waals surface area contributed by atoms with Gasteiger partial charge in [0.25, 0.3) is 0 Å². The largest absolute Gasteiger partial charge is 0.0622 e. The Morgan fingerprint density at radius 1 is 0.173 bits per heavy atom. The van der Waals surface area contributed by atoms with Crippen molar-refractivity contribution in [1.29, 1.82) is 0 Å². The van der Waals surface area contributed by atoms with Crippen molar-refractivity contribution in [2.45, 2.75) is 0 Å². The maximum atomic E-state index is 2.38. The summed E-state index contributed by atoms with van der Waals surface area (Å²) in [4.78, 5) is 0. The van der Waals surface area contributed by atoms with E-state index in [1.165, 1.54) is 98.7 Å². The molecule has 0 heteroatoms. The van der Waals surface area contributed by atoms with E-state index in [4.69, 9.17) is 0 Å². The first-order chi connectivity index (χ1) is 25.8. The Hall–Kier alpha value is -6.76. The van der Waals surface area contributed by atoms with E-state index in [0.29, 0.717) is 0 Å². The number of rotatable bonds is 5. The van der Waals surface area contributed by atoms with E-state index in [2.05, 4.69) is 206 Å². The molecule has 0 nitrogen and oxygen atoms in total. The summed E-state index contributed by atoms with van der Waals surface area (Å²) in [5.41, 5.74) is 12.4. The second-order valence-corrected chi connectivity index (χ2v) is 13.7. The molecule has 0 unspecified atom stereocenters. The summed E-state index contributed by atoms with van der Waals surface area (Å²) in [6.07, 6.45) is 0. The smallest absolute Gasteiger partial charge is 0.00262 e. The predicted molar refractivity (Wildman–Crippen MR) is 224 cm³/mol. The normalized spacial score (nSPS) is 11.5. The van der Waals surface area contributed by atoms with Crippen molar-refractivity contribution >= 4 is 43.1 Å². The Labute approximate surface area is 303 Å². The molecule has 0 N–H and O–H groups in total. The number of fused-ring (bicyclic) bond motifs is 4. The molecule has 0 aliphatic heterocycles. The Bertz CT molecular complexity index is 2860. The zero-order valence-electron chi connectivity index (χ0n) is 28.6. The fraction of sp³-hybridized carbons (Fsp3) is 0. The molecule has 10 aromatic rings. The third-order valence-electron chi connectivity index (χ3n) is 10.6. The van der Waals surface area contributed by atoms with Gasteiger partial charge in [0.15, 0.2) is 0 Å². The molecular weight excluding hydrogens is 625 g/mol. The summed E-state index contributed by atoms with van der Waals surface area (Å²) in [6, 6.07) is 75.5. The second-order valence-electron chi connectivity index (χ2n) is 13.7. The van der Waals surface area contributed by atoms with Crippen LogP contribution in [-0.2, 0) is 0 Å². The molecule has 0 radical (unpaired) electrons. The minimum absolute atomic E-state index is 1.22. The maximum absolute atomic E-state index is 2.38. The minimum atomic E-state index is 1.22. The first kappa shape index (κ1) is 30.1. The van der Waals surface area contributed by atoms with Crippen LogP contribution in [0.15, 0.2) is 206 Å².